The van der Waals surface area contributed by atoms with Gasteiger partial charge in [0.1, 0.15) is 12.4 Å². The third-order valence-corrected chi connectivity index (χ3v) is 4.15. The van der Waals surface area contributed by atoms with E-state index in [2.05, 4.69) is 16.1 Å². The van der Waals surface area contributed by atoms with E-state index in [4.69, 9.17) is 14.7 Å². The lowest BCUT2D eigenvalue weighted by molar-refractivity contribution is 0.0322. The zero-order valence-corrected chi connectivity index (χ0v) is 12.3. The Labute approximate surface area is 125 Å². The molecule has 1 fully saturated rings. The predicted molar refractivity (Wildman–Crippen MR) is 80.5 cm³/mol. The molecule has 21 heavy (non-hydrogen) atoms. The second-order valence-electron chi connectivity index (χ2n) is 5.52. The van der Waals surface area contributed by atoms with Crippen molar-refractivity contribution in [2.24, 2.45) is 5.16 Å². The van der Waals surface area contributed by atoms with Crippen molar-refractivity contribution in [2.75, 3.05) is 39.5 Å². The number of nitrogens with zero attached hydrogens (tertiary/aromatic N) is 2. The van der Waals surface area contributed by atoms with Gasteiger partial charge in [-0.1, -0.05) is 11.2 Å². The van der Waals surface area contributed by atoms with Gasteiger partial charge in [-0.15, -0.1) is 0 Å². The first-order valence-corrected chi connectivity index (χ1v) is 7.64. The Morgan fingerprint density at radius 1 is 1.24 bits per heavy atom. The summed E-state index contributed by atoms with van der Waals surface area (Å²) in [6, 6.07) is 6.10. The van der Waals surface area contributed by atoms with Gasteiger partial charge >= 0.3 is 0 Å². The Hall–Kier alpha value is -1.59. The minimum absolute atomic E-state index is 0.671. The number of benzene rings is 1. The van der Waals surface area contributed by atoms with Crippen LogP contribution in [-0.4, -0.2) is 55.3 Å². The summed E-state index contributed by atoms with van der Waals surface area (Å²) >= 11 is 0. The summed E-state index contributed by atoms with van der Waals surface area (Å²) in [4.78, 5) is 2.35. The largest absolute Gasteiger partial charge is 0.492 e. The molecular weight excluding hydrogens is 268 g/mol. The molecule has 3 rings (SSSR count). The lowest BCUT2D eigenvalue weighted by Gasteiger charge is -2.26. The molecule has 0 radical (unpaired) electrons. The molecule has 0 unspecified atom stereocenters. The van der Waals surface area contributed by atoms with Crippen LogP contribution in [0.2, 0.25) is 0 Å². The first kappa shape index (κ1) is 14.4. The first-order chi connectivity index (χ1) is 10.4. The highest BCUT2D eigenvalue weighted by atomic mass is 16.5. The van der Waals surface area contributed by atoms with E-state index in [1.807, 2.05) is 12.1 Å². The Balaban J connectivity index is 1.58. The molecule has 0 spiro atoms. The minimum Gasteiger partial charge on any atom is -0.492 e. The van der Waals surface area contributed by atoms with Crippen molar-refractivity contribution in [1.82, 2.24) is 4.90 Å². The monoisotopic (exact) mass is 290 g/mol. The third-order valence-electron chi connectivity index (χ3n) is 4.15. The molecule has 0 amide bonds. The molecule has 0 aromatic heterocycles. The molecular formula is C16H22N2O3. The lowest BCUT2D eigenvalue weighted by Crippen LogP contribution is -2.38. The van der Waals surface area contributed by atoms with E-state index < -0.39 is 0 Å². The Kier molecular flexibility index (Phi) is 4.72. The molecule has 2 aliphatic rings. The summed E-state index contributed by atoms with van der Waals surface area (Å²) in [5, 5.41) is 12.5. The van der Waals surface area contributed by atoms with E-state index in [-0.39, 0.29) is 0 Å². The van der Waals surface area contributed by atoms with Crippen LogP contribution in [-0.2, 0) is 11.2 Å². The molecule has 5 nitrogen and oxygen atoms in total. The van der Waals surface area contributed by atoms with Crippen LogP contribution < -0.4 is 4.74 Å². The molecule has 1 aliphatic heterocycles. The maximum absolute atomic E-state index is 9.10. The summed E-state index contributed by atoms with van der Waals surface area (Å²) in [7, 11) is 0. The van der Waals surface area contributed by atoms with Crippen molar-refractivity contribution in [1.29, 1.82) is 0 Å². The smallest absolute Gasteiger partial charge is 0.120 e. The van der Waals surface area contributed by atoms with Crippen LogP contribution in [0, 0.1) is 0 Å². The molecule has 1 saturated heterocycles. The summed E-state index contributed by atoms with van der Waals surface area (Å²) in [5.41, 5.74) is 3.05. The summed E-state index contributed by atoms with van der Waals surface area (Å²) in [5.74, 6) is 0.852. The summed E-state index contributed by atoms with van der Waals surface area (Å²) in [6.45, 7) is 5.18. The van der Waals surface area contributed by atoms with Gasteiger partial charge in [-0.2, -0.15) is 0 Å². The Morgan fingerprint density at radius 3 is 2.90 bits per heavy atom. The predicted octanol–water partition coefficient (Wildman–Crippen LogP) is 1.91. The molecule has 1 aromatic rings. The lowest BCUT2D eigenvalue weighted by atomic mass is 9.90. The number of fused-ring (bicyclic) bond motifs is 1. The van der Waals surface area contributed by atoms with Crippen molar-refractivity contribution < 1.29 is 14.7 Å². The van der Waals surface area contributed by atoms with Gasteiger partial charge in [-0.05, 0) is 37.0 Å². The van der Waals surface area contributed by atoms with Crippen LogP contribution in [0.3, 0.4) is 0 Å². The Morgan fingerprint density at radius 2 is 2.10 bits per heavy atom. The number of hydrogen-bond donors (Lipinski definition) is 1. The van der Waals surface area contributed by atoms with Crippen molar-refractivity contribution in [3.8, 4) is 5.75 Å². The number of hydrogen-bond acceptors (Lipinski definition) is 5. The van der Waals surface area contributed by atoms with E-state index in [0.717, 1.165) is 69.1 Å². The quantitative estimate of drug-likeness (QED) is 0.680. The fourth-order valence-corrected chi connectivity index (χ4v) is 2.93. The number of oxime groups is 1. The van der Waals surface area contributed by atoms with E-state index in [1.54, 1.807) is 0 Å². The van der Waals surface area contributed by atoms with E-state index >= 15 is 0 Å². The maximum Gasteiger partial charge on any atom is 0.120 e. The molecule has 1 aromatic carbocycles. The van der Waals surface area contributed by atoms with Gasteiger partial charge in [0.05, 0.1) is 18.9 Å². The topological polar surface area (TPSA) is 54.3 Å². The molecule has 0 atom stereocenters. The standard InChI is InChI=1S/C16H22N2O3/c19-17-16-3-1-2-13-4-5-14(12-15(13)16)21-11-8-18-6-9-20-10-7-18/h4-5,12,19H,1-3,6-11H2/b17-16-. The van der Waals surface area contributed by atoms with Gasteiger partial charge in [-0.25, -0.2) is 0 Å². The highest BCUT2D eigenvalue weighted by molar-refractivity contribution is 6.02. The van der Waals surface area contributed by atoms with E-state index in [9.17, 15) is 0 Å². The highest BCUT2D eigenvalue weighted by Crippen LogP contribution is 2.26. The van der Waals surface area contributed by atoms with Crippen LogP contribution in [0.1, 0.15) is 24.0 Å². The van der Waals surface area contributed by atoms with Gasteiger partial charge in [0.15, 0.2) is 0 Å². The van der Waals surface area contributed by atoms with Crippen LogP contribution >= 0.6 is 0 Å². The van der Waals surface area contributed by atoms with Crippen LogP contribution in [0.5, 0.6) is 5.75 Å². The van der Waals surface area contributed by atoms with Crippen molar-refractivity contribution in [3.63, 3.8) is 0 Å². The molecule has 0 bridgehead atoms. The zero-order chi connectivity index (χ0) is 14.5. The van der Waals surface area contributed by atoms with Crippen LogP contribution in [0.4, 0.5) is 0 Å². The molecule has 1 aliphatic carbocycles. The van der Waals surface area contributed by atoms with Gasteiger partial charge in [-0.3, -0.25) is 4.90 Å². The van der Waals surface area contributed by atoms with Gasteiger partial charge in [0.2, 0.25) is 0 Å². The molecule has 1 N–H and O–H groups in total. The fourth-order valence-electron chi connectivity index (χ4n) is 2.93. The highest BCUT2D eigenvalue weighted by Gasteiger charge is 2.17. The molecule has 0 saturated carbocycles. The summed E-state index contributed by atoms with van der Waals surface area (Å²) < 4.78 is 11.2. The average molecular weight is 290 g/mol. The van der Waals surface area contributed by atoms with E-state index in [0.29, 0.717) is 6.61 Å². The van der Waals surface area contributed by atoms with Crippen molar-refractivity contribution in [3.05, 3.63) is 29.3 Å². The summed E-state index contributed by atoms with van der Waals surface area (Å²) in [6.07, 6.45) is 2.92. The third kappa shape index (κ3) is 3.54. The zero-order valence-electron chi connectivity index (χ0n) is 12.3. The van der Waals surface area contributed by atoms with E-state index in [1.165, 1.54) is 5.56 Å². The Bertz CT molecular complexity index is 510. The maximum atomic E-state index is 9.10. The van der Waals surface area contributed by atoms with Crippen molar-refractivity contribution in [2.45, 2.75) is 19.3 Å². The fraction of sp³-hybridized carbons (Fsp3) is 0.562. The van der Waals surface area contributed by atoms with Crippen LogP contribution in [0.25, 0.3) is 0 Å². The second kappa shape index (κ2) is 6.91. The normalized spacial score (nSPS) is 21.2. The average Bonchev–Trinajstić information content (AvgIpc) is 2.55. The molecule has 1 heterocycles. The number of aryl methyl sites for hydroxylation is 1. The number of rotatable bonds is 4. The second-order valence-corrected chi connectivity index (χ2v) is 5.52. The van der Waals surface area contributed by atoms with Crippen molar-refractivity contribution >= 4 is 5.71 Å². The van der Waals surface area contributed by atoms with Crippen LogP contribution in [0.15, 0.2) is 23.4 Å². The van der Waals surface area contributed by atoms with Gasteiger partial charge < -0.3 is 14.7 Å². The SMILES string of the molecule is O/N=C1/CCCc2ccc(OCCN3CCOCC3)cc21. The number of morpholine rings is 1. The number of ether oxygens (including phenoxy) is 2. The first-order valence-electron chi connectivity index (χ1n) is 7.64. The minimum atomic E-state index is 0.671. The molecule has 5 heteroatoms. The molecule has 114 valence electrons. The van der Waals surface area contributed by atoms with Gasteiger partial charge in [0.25, 0.3) is 0 Å². The van der Waals surface area contributed by atoms with Gasteiger partial charge in [0, 0.05) is 25.2 Å².